The molecule has 0 aromatic heterocycles. The van der Waals surface area contributed by atoms with Crippen LogP contribution < -0.4 is 10.6 Å². The van der Waals surface area contributed by atoms with E-state index in [2.05, 4.69) is 21.6 Å². The second-order valence-corrected chi connectivity index (χ2v) is 5.79. The van der Waals surface area contributed by atoms with Gasteiger partial charge < -0.3 is 10.6 Å². The molecule has 0 saturated carbocycles. The molecular formula is C16H22N4O. The monoisotopic (exact) mass is 286 g/mol. The first-order chi connectivity index (χ1) is 10.0. The highest BCUT2D eigenvalue weighted by Crippen LogP contribution is 2.15. The first kappa shape index (κ1) is 15.5. The van der Waals surface area contributed by atoms with Gasteiger partial charge in [-0.1, -0.05) is 12.1 Å². The van der Waals surface area contributed by atoms with E-state index in [1.165, 1.54) is 0 Å². The van der Waals surface area contributed by atoms with Gasteiger partial charge in [0.1, 0.15) is 0 Å². The number of amides is 1. The van der Waals surface area contributed by atoms with Crippen molar-refractivity contribution >= 4 is 5.91 Å². The van der Waals surface area contributed by atoms with E-state index >= 15 is 0 Å². The fourth-order valence-electron chi connectivity index (χ4n) is 2.52. The van der Waals surface area contributed by atoms with Gasteiger partial charge in [-0.05, 0) is 31.5 Å². The van der Waals surface area contributed by atoms with Gasteiger partial charge >= 0.3 is 0 Å². The number of nitrogens with one attached hydrogen (secondary N) is 2. The average molecular weight is 286 g/mol. The number of carbonyl (C=O) groups is 1. The van der Waals surface area contributed by atoms with Crippen molar-refractivity contribution in [3.8, 4) is 6.07 Å². The van der Waals surface area contributed by atoms with E-state index in [0.29, 0.717) is 12.1 Å². The van der Waals surface area contributed by atoms with Gasteiger partial charge in [0, 0.05) is 32.7 Å². The third-order valence-electron chi connectivity index (χ3n) is 3.97. The summed E-state index contributed by atoms with van der Waals surface area (Å²) >= 11 is 0. The molecule has 2 rings (SSSR count). The smallest absolute Gasteiger partial charge is 0.240 e. The van der Waals surface area contributed by atoms with Crippen molar-refractivity contribution in [1.82, 2.24) is 15.5 Å². The van der Waals surface area contributed by atoms with Crippen molar-refractivity contribution in [2.75, 3.05) is 26.2 Å². The Hall–Kier alpha value is -1.90. The van der Waals surface area contributed by atoms with Crippen LogP contribution in [0.25, 0.3) is 0 Å². The standard InChI is InChI=1S/C16H22N4O/c1-16(2,20-8-6-18-7-9-20)15(21)19-12-14-5-3-4-13(10-14)11-17/h3-5,10,18H,6-9,12H2,1-2H3,(H,19,21). The molecular weight excluding hydrogens is 264 g/mol. The molecule has 1 aromatic carbocycles. The van der Waals surface area contributed by atoms with Crippen molar-refractivity contribution in [3.63, 3.8) is 0 Å². The van der Waals surface area contributed by atoms with Crippen molar-refractivity contribution in [3.05, 3.63) is 35.4 Å². The summed E-state index contributed by atoms with van der Waals surface area (Å²) in [4.78, 5) is 14.7. The number of benzene rings is 1. The van der Waals surface area contributed by atoms with Crippen LogP contribution in [0.4, 0.5) is 0 Å². The molecule has 1 fully saturated rings. The van der Waals surface area contributed by atoms with Gasteiger partial charge in [-0.2, -0.15) is 5.26 Å². The van der Waals surface area contributed by atoms with Crippen LogP contribution in [0, 0.1) is 11.3 Å². The fraction of sp³-hybridized carbons (Fsp3) is 0.500. The van der Waals surface area contributed by atoms with E-state index in [4.69, 9.17) is 5.26 Å². The molecule has 1 aliphatic rings. The van der Waals surface area contributed by atoms with Crippen LogP contribution in [-0.2, 0) is 11.3 Å². The molecule has 1 heterocycles. The van der Waals surface area contributed by atoms with Crippen molar-refractivity contribution in [2.24, 2.45) is 0 Å². The number of nitrogens with zero attached hydrogens (tertiary/aromatic N) is 2. The number of piperazine rings is 1. The van der Waals surface area contributed by atoms with E-state index < -0.39 is 5.54 Å². The van der Waals surface area contributed by atoms with Crippen LogP contribution in [0.2, 0.25) is 0 Å². The summed E-state index contributed by atoms with van der Waals surface area (Å²) in [5.41, 5.74) is 1.04. The summed E-state index contributed by atoms with van der Waals surface area (Å²) in [6, 6.07) is 9.42. The second kappa shape index (κ2) is 6.70. The Morgan fingerprint density at radius 3 is 2.81 bits per heavy atom. The van der Waals surface area contributed by atoms with Gasteiger partial charge in [0.05, 0.1) is 17.2 Å². The lowest BCUT2D eigenvalue weighted by atomic mass is 10.00. The summed E-state index contributed by atoms with van der Waals surface area (Å²) < 4.78 is 0. The zero-order chi connectivity index (χ0) is 15.3. The van der Waals surface area contributed by atoms with Gasteiger partial charge in [0.2, 0.25) is 5.91 Å². The summed E-state index contributed by atoms with van der Waals surface area (Å²) in [7, 11) is 0. The van der Waals surface area contributed by atoms with Crippen LogP contribution in [0.3, 0.4) is 0 Å². The molecule has 0 bridgehead atoms. The molecule has 5 heteroatoms. The maximum absolute atomic E-state index is 12.5. The van der Waals surface area contributed by atoms with Crippen molar-refractivity contribution < 1.29 is 4.79 Å². The molecule has 0 atom stereocenters. The zero-order valence-electron chi connectivity index (χ0n) is 12.6. The predicted molar refractivity (Wildman–Crippen MR) is 81.5 cm³/mol. The van der Waals surface area contributed by atoms with Crippen LogP contribution in [0.5, 0.6) is 0 Å². The lowest BCUT2D eigenvalue weighted by Gasteiger charge is -2.39. The minimum absolute atomic E-state index is 0.0201. The highest BCUT2D eigenvalue weighted by atomic mass is 16.2. The average Bonchev–Trinajstić information content (AvgIpc) is 2.53. The van der Waals surface area contributed by atoms with E-state index in [9.17, 15) is 4.79 Å². The lowest BCUT2D eigenvalue weighted by molar-refractivity contribution is -0.132. The van der Waals surface area contributed by atoms with E-state index in [1.807, 2.05) is 26.0 Å². The number of hydrogen-bond acceptors (Lipinski definition) is 4. The topological polar surface area (TPSA) is 68.2 Å². The van der Waals surface area contributed by atoms with E-state index in [1.54, 1.807) is 12.1 Å². The van der Waals surface area contributed by atoms with E-state index in [0.717, 1.165) is 31.7 Å². The molecule has 1 amide bonds. The summed E-state index contributed by atoms with van der Waals surface area (Å²) in [6.45, 7) is 7.96. The largest absolute Gasteiger partial charge is 0.350 e. The molecule has 1 saturated heterocycles. The molecule has 0 radical (unpaired) electrons. The first-order valence-electron chi connectivity index (χ1n) is 7.27. The molecule has 1 aliphatic heterocycles. The SMILES string of the molecule is CC(C)(C(=O)NCc1cccc(C#N)c1)N1CCNCC1. The van der Waals surface area contributed by atoms with Crippen molar-refractivity contribution in [1.29, 1.82) is 5.26 Å². The second-order valence-electron chi connectivity index (χ2n) is 5.79. The van der Waals surface area contributed by atoms with E-state index in [-0.39, 0.29) is 5.91 Å². The molecule has 21 heavy (non-hydrogen) atoms. The molecule has 5 nitrogen and oxygen atoms in total. The van der Waals surface area contributed by atoms with Gasteiger partial charge in [0.25, 0.3) is 0 Å². The lowest BCUT2D eigenvalue weighted by Crippen LogP contribution is -2.59. The van der Waals surface area contributed by atoms with Crippen LogP contribution >= 0.6 is 0 Å². The van der Waals surface area contributed by atoms with Gasteiger partial charge in [0.15, 0.2) is 0 Å². The Morgan fingerprint density at radius 2 is 2.14 bits per heavy atom. The fourth-order valence-corrected chi connectivity index (χ4v) is 2.52. The number of hydrogen-bond donors (Lipinski definition) is 2. The highest BCUT2D eigenvalue weighted by molar-refractivity contribution is 5.85. The minimum atomic E-state index is -0.519. The van der Waals surface area contributed by atoms with Crippen LogP contribution in [0.1, 0.15) is 25.0 Å². The zero-order valence-corrected chi connectivity index (χ0v) is 12.6. The molecule has 0 spiro atoms. The summed E-state index contributed by atoms with van der Waals surface area (Å²) in [5.74, 6) is 0.0201. The first-order valence-corrected chi connectivity index (χ1v) is 7.27. The Morgan fingerprint density at radius 1 is 1.43 bits per heavy atom. The van der Waals surface area contributed by atoms with Gasteiger partial charge in [-0.25, -0.2) is 0 Å². The Balaban J connectivity index is 1.95. The maximum atomic E-state index is 12.5. The molecule has 1 aromatic rings. The highest BCUT2D eigenvalue weighted by Gasteiger charge is 2.34. The van der Waals surface area contributed by atoms with Gasteiger partial charge in [-0.15, -0.1) is 0 Å². The molecule has 0 aliphatic carbocycles. The quantitative estimate of drug-likeness (QED) is 0.861. The van der Waals surface area contributed by atoms with Crippen LogP contribution in [0.15, 0.2) is 24.3 Å². The Kier molecular flexibility index (Phi) is 4.94. The predicted octanol–water partition coefficient (Wildman–Crippen LogP) is 0.858. The Bertz CT molecular complexity index is 541. The normalized spacial score (nSPS) is 16.2. The number of nitriles is 1. The third-order valence-corrected chi connectivity index (χ3v) is 3.97. The number of rotatable bonds is 4. The van der Waals surface area contributed by atoms with Crippen molar-refractivity contribution in [2.45, 2.75) is 25.9 Å². The Labute approximate surface area is 125 Å². The minimum Gasteiger partial charge on any atom is -0.350 e. The molecule has 112 valence electrons. The van der Waals surface area contributed by atoms with Crippen LogP contribution in [-0.4, -0.2) is 42.5 Å². The summed E-state index contributed by atoms with van der Waals surface area (Å²) in [6.07, 6.45) is 0. The van der Waals surface area contributed by atoms with Gasteiger partial charge in [-0.3, -0.25) is 9.69 Å². The third kappa shape index (κ3) is 3.81. The number of carbonyl (C=O) groups excluding carboxylic acids is 1. The molecule has 0 unspecified atom stereocenters. The maximum Gasteiger partial charge on any atom is 0.240 e. The molecule has 2 N–H and O–H groups in total. The summed E-state index contributed by atoms with van der Waals surface area (Å²) in [5, 5.41) is 15.2.